The van der Waals surface area contributed by atoms with Gasteiger partial charge in [0.25, 0.3) is 0 Å². The van der Waals surface area contributed by atoms with Crippen LogP contribution in [0.1, 0.15) is 25.7 Å². The van der Waals surface area contributed by atoms with Crippen LogP contribution in [0, 0.1) is 0 Å². The summed E-state index contributed by atoms with van der Waals surface area (Å²) in [5, 5.41) is 13.6. The molecule has 0 aliphatic rings. The van der Waals surface area contributed by atoms with E-state index in [2.05, 4.69) is 10.6 Å². The van der Waals surface area contributed by atoms with Crippen LogP contribution < -0.4 is 33.4 Å². The maximum atomic E-state index is 11.8. The lowest BCUT2D eigenvalue weighted by Gasteiger charge is -2.17. The fraction of sp³-hybridized carbons (Fsp3) is 0.667. The first-order valence-electron chi connectivity index (χ1n) is 7.06. The number of unbranched alkanes of at least 4 members (excludes halogenated alkanes) is 1. The van der Waals surface area contributed by atoms with E-state index in [0.717, 1.165) is 6.42 Å². The molecule has 132 valence electrons. The van der Waals surface area contributed by atoms with Crippen LogP contribution in [0.15, 0.2) is 0 Å². The molecular formula is C12H24N6O5. The van der Waals surface area contributed by atoms with Crippen molar-refractivity contribution in [2.75, 3.05) is 13.1 Å². The Bertz CT molecular complexity index is 430. The zero-order valence-electron chi connectivity index (χ0n) is 12.7. The fourth-order valence-electron chi connectivity index (χ4n) is 1.58. The summed E-state index contributed by atoms with van der Waals surface area (Å²) in [5.41, 5.74) is 12.6. The Hall–Kier alpha value is -2.24. The van der Waals surface area contributed by atoms with Gasteiger partial charge in [-0.15, -0.1) is 0 Å². The summed E-state index contributed by atoms with van der Waals surface area (Å²) in [4.78, 5) is 45.4. The second-order valence-corrected chi connectivity index (χ2v) is 4.83. The number of carbonyl (C=O) groups excluding carboxylic acids is 3. The van der Waals surface area contributed by atoms with E-state index in [4.69, 9.17) is 22.4 Å². The van der Waals surface area contributed by atoms with Crippen molar-refractivity contribution in [2.45, 2.75) is 37.8 Å². The Balaban J connectivity index is 4.32. The fourth-order valence-corrected chi connectivity index (χ4v) is 1.58. The quantitative estimate of drug-likeness (QED) is 0.0873. The summed E-state index contributed by atoms with van der Waals surface area (Å²) >= 11 is 0. The van der Waals surface area contributed by atoms with Gasteiger partial charge in [0.2, 0.25) is 17.7 Å². The van der Waals surface area contributed by atoms with E-state index in [1.165, 1.54) is 0 Å². The maximum Gasteiger partial charge on any atom is 0.326 e. The molecule has 0 saturated carbocycles. The molecule has 11 heteroatoms. The van der Waals surface area contributed by atoms with Crippen molar-refractivity contribution in [1.29, 1.82) is 0 Å². The van der Waals surface area contributed by atoms with Crippen molar-refractivity contribution < 1.29 is 24.3 Å². The van der Waals surface area contributed by atoms with Gasteiger partial charge >= 0.3 is 5.97 Å². The number of carboxylic acid groups (broad SMARTS) is 1. The molecule has 0 aromatic carbocycles. The van der Waals surface area contributed by atoms with Crippen molar-refractivity contribution in [3.05, 3.63) is 0 Å². The van der Waals surface area contributed by atoms with Gasteiger partial charge in [0.15, 0.2) is 0 Å². The lowest BCUT2D eigenvalue weighted by molar-refractivity contribution is -0.143. The predicted octanol–water partition coefficient (Wildman–Crippen LogP) is -3.49. The number of aliphatic carboxylic acids is 1. The average molecular weight is 332 g/mol. The van der Waals surface area contributed by atoms with Crippen LogP contribution in [-0.2, 0) is 19.2 Å². The van der Waals surface area contributed by atoms with Crippen LogP contribution in [0.25, 0.3) is 0 Å². The second-order valence-electron chi connectivity index (χ2n) is 4.83. The highest BCUT2D eigenvalue weighted by molar-refractivity contribution is 5.92. The van der Waals surface area contributed by atoms with Gasteiger partial charge in [0, 0.05) is 6.54 Å². The smallest absolute Gasteiger partial charge is 0.326 e. The van der Waals surface area contributed by atoms with E-state index in [0.29, 0.717) is 19.5 Å². The highest BCUT2D eigenvalue weighted by Crippen LogP contribution is 1.96. The number of amides is 3. The highest BCUT2D eigenvalue weighted by Gasteiger charge is 2.26. The van der Waals surface area contributed by atoms with Gasteiger partial charge in [-0.2, -0.15) is 0 Å². The minimum Gasteiger partial charge on any atom is -0.480 e. The summed E-state index contributed by atoms with van der Waals surface area (Å²) in [6.45, 7) is 0.934. The third kappa shape index (κ3) is 9.39. The van der Waals surface area contributed by atoms with Gasteiger partial charge in [-0.3, -0.25) is 19.8 Å². The Morgan fingerprint density at radius 1 is 1.04 bits per heavy atom. The number of carbonyl (C=O) groups is 4. The molecule has 3 amide bonds. The molecule has 0 aromatic rings. The SMILES string of the molecule is NCCCCNC(=O)C[C@H](N)C(=O)N[C@@H](CC(=O)NN)C(=O)O. The first-order chi connectivity index (χ1) is 10.8. The molecule has 0 aliphatic carbocycles. The molecular weight excluding hydrogens is 308 g/mol. The van der Waals surface area contributed by atoms with Crippen LogP contribution in [0.4, 0.5) is 0 Å². The standard InChI is InChI=1S/C12H24N6O5/c13-3-1-2-4-16-9(19)5-7(14)11(21)17-8(12(22)23)6-10(20)18-15/h7-8H,1-6,13-15H2,(H,16,19)(H,17,21)(H,18,20)(H,22,23)/t7-,8-/m0/s1. The van der Waals surface area contributed by atoms with Crippen LogP contribution in [0.2, 0.25) is 0 Å². The van der Waals surface area contributed by atoms with Crippen molar-refractivity contribution >= 4 is 23.7 Å². The van der Waals surface area contributed by atoms with E-state index in [9.17, 15) is 19.2 Å². The molecule has 2 atom stereocenters. The molecule has 10 N–H and O–H groups in total. The third-order valence-electron chi connectivity index (χ3n) is 2.86. The Labute approximate surface area is 133 Å². The first-order valence-corrected chi connectivity index (χ1v) is 7.06. The van der Waals surface area contributed by atoms with Gasteiger partial charge in [0.1, 0.15) is 6.04 Å². The molecule has 0 unspecified atom stereocenters. The average Bonchev–Trinajstić information content (AvgIpc) is 2.50. The minimum absolute atomic E-state index is 0.302. The monoisotopic (exact) mass is 332 g/mol. The minimum atomic E-state index is -1.48. The number of hydrazine groups is 1. The zero-order chi connectivity index (χ0) is 17.8. The summed E-state index contributed by atoms with van der Waals surface area (Å²) in [5.74, 6) is 1.40. The van der Waals surface area contributed by atoms with E-state index >= 15 is 0 Å². The van der Waals surface area contributed by atoms with Gasteiger partial charge in [-0.25, -0.2) is 10.6 Å². The number of nitrogens with one attached hydrogen (secondary N) is 3. The first kappa shape index (κ1) is 20.8. The highest BCUT2D eigenvalue weighted by atomic mass is 16.4. The van der Waals surface area contributed by atoms with Gasteiger partial charge in [-0.1, -0.05) is 0 Å². The lowest BCUT2D eigenvalue weighted by atomic mass is 10.1. The number of hydrogen-bond donors (Lipinski definition) is 7. The lowest BCUT2D eigenvalue weighted by Crippen LogP contribution is -2.51. The van der Waals surface area contributed by atoms with E-state index < -0.39 is 42.2 Å². The number of hydrogen-bond acceptors (Lipinski definition) is 7. The van der Waals surface area contributed by atoms with E-state index in [-0.39, 0.29) is 6.42 Å². The molecule has 0 saturated heterocycles. The van der Waals surface area contributed by atoms with Crippen LogP contribution >= 0.6 is 0 Å². The molecule has 0 heterocycles. The van der Waals surface area contributed by atoms with Gasteiger partial charge in [0.05, 0.1) is 18.9 Å². The van der Waals surface area contributed by atoms with E-state index in [1.54, 1.807) is 5.43 Å². The van der Waals surface area contributed by atoms with E-state index in [1.807, 2.05) is 0 Å². The summed E-state index contributed by atoms with van der Waals surface area (Å²) in [6.07, 6.45) is 0.620. The van der Waals surface area contributed by atoms with Crippen molar-refractivity contribution in [2.24, 2.45) is 17.3 Å². The zero-order valence-corrected chi connectivity index (χ0v) is 12.7. The second kappa shape index (κ2) is 11.3. The Kier molecular flexibility index (Phi) is 10.2. The maximum absolute atomic E-state index is 11.8. The number of carboxylic acids is 1. The Morgan fingerprint density at radius 2 is 1.70 bits per heavy atom. The van der Waals surface area contributed by atoms with Crippen LogP contribution in [0.3, 0.4) is 0 Å². The molecule has 0 aromatic heterocycles. The molecule has 0 bridgehead atoms. The molecule has 23 heavy (non-hydrogen) atoms. The van der Waals surface area contributed by atoms with Crippen LogP contribution in [0.5, 0.6) is 0 Å². The predicted molar refractivity (Wildman–Crippen MR) is 80.4 cm³/mol. The summed E-state index contributed by atoms with van der Waals surface area (Å²) < 4.78 is 0. The third-order valence-corrected chi connectivity index (χ3v) is 2.86. The van der Waals surface area contributed by atoms with Gasteiger partial charge in [-0.05, 0) is 19.4 Å². The van der Waals surface area contributed by atoms with Crippen LogP contribution in [-0.4, -0.2) is 54.0 Å². The molecule has 0 radical (unpaired) electrons. The number of nitrogens with two attached hydrogens (primary N) is 3. The van der Waals surface area contributed by atoms with Crippen molar-refractivity contribution in [3.8, 4) is 0 Å². The topological polar surface area (TPSA) is 203 Å². The molecule has 0 fully saturated rings. The number of rotatable bonds is 11. The normalized spacial score (nSPS) is 12.8. The van der Waals surface area contributed by atoms with Gasteiger partial charge < -0.3 is 27.2 Å². The molecule has 11 nitrogen and oxygen atoms in total. The summed E-state index contributed by atoms with van der Waals surface area (Å²) in [7, 11) is 0. The summed E-state index contributed by atoms with van der Waals surface area (Å²) in [6, 6.07) is -2.71. The van der Waals surface area contributed by atoms with Crippen molar-refractivity contribution in [3.63, 3.8) is 0 Å². The molecule has 0 rings (SSSR count). The van der Waals surface area contributed by atoms with Crippen molar-refractivity contribution in [1.82, 2.24) is 16.1 Å². The molecule has 0 spiro atoms. The largest absolute Gasteiger partial charge is 0.480 e. The Morgan fingerprint density at radius 3 is 2.22 bits per heavy atom. The molecule has 0 aliphatic heterocycles.